The molecular formula is C25H42N2O7Si. The van der Waals surface area contributed by atoms with Crippen molar-refractivity contribution in [3.8, 4) is 0 Å². The van der Waals surface area contributed by atoms with E-state index in [9.17, 15) is 9.59 Å². The Morgan fingerprint density at radius 2 is 1.80 bits per heavy atom. The van der Waals surface area contributed by atoms with E-state index < -0.39 is 50.6 Å². The number of carbonyl (C=O) groups excluding carboxylic acids is 2. The van der Waals surface area contributed by atoms with Gasteiger partial charge in [-0.15, -0.1) is 0 Å². The van der Waals surface area contributed by atoms with Crippen molar-refractivity contribution in [2.45, 2.75) is 96.5 Å². The van der Waals surface area contributed by atoms with Gasteiger partial charge in [0.2, 0.25) is 5.91 Å². The molecule has 0 aliphatic carbocycles. The summed E-state index contributed by atoms with van der Waals surface area (Å²) in [6.07, 6.45) is -2.68. The summed E-state index contributed by atoms with van der Waals surface area (Å²) < 4.78 is 28.9. The van der Waals surface area contributed by atoms with Crippen LogP contribution in [0.15, 0.2) is 30.3 Å². The van der Waals surface area contributed by atoms with Gasteiger partial charge in [0.25, 0.3) is 0 Å². The van der Waals surface area contributed by atoms with E-state index >= 15 is 0 Å². The lowest BCUT2D eigenvalue weighted by atomic mass is 10.1. The fourth-order valence-electron chi connectivity index (χ4n) is 3.39. The molecule has 1 aliphatic heterocycles. The van der Waals surface area contributed by atoms with Gasteiger partial charge in [0.05, 0.1) is 26.4 Å². The molecule has 1 aromatic carbocycles. The number of carbonyl (C=O) groups is 2. The fourth-order valence-corrected chi connectivity index (χ4v) is 4.81. The molecule has 1 saturated heterocycles. The van der Waals surface area contributed by atoms with Gasteiger partial charge in [-0.05, 0) is 44.5 Å². The lowest BCUT2D eigenvalue weighted by Crippen LogP contribution is -2.59. The summed E-state index contributed by atoms with van der Waals surface area (Å²) in [7, 11) is -0.979. The predicted molar refractivity (Wildman–Crippen MR) is 135 cm³/mol. The van der Waals surface area contributed by atoms with E-state index in [1.807, 2.05) is 30.3 Å². The largest absolute Gasteiger partial charge is 0.453 e. The standard InChI is InChI=1S/C25H42N2O7Si/c1-17(34-35(8,9)24(2,3)4)20(26-23(29)30-7)21(28)27-22(19-16-32-25(5,6)33-19)31-15-18-13-11-10-12-14-18/h10-14,17,19-20,22H,15-16H2,1-9H3,(H,26,29)(H,27,28)/t17?,19?,20-,22?/m0/s1. The molecule has 0 saturated carbocycles. The molecule has 10 heteroatoms. The lowest BCUT2D eigenvalue weighted by molar-refractivity contribution is -0.165. The summed E-state index contributed by atoms with van der Waals surface area (Å²) >= 11 is 0. The maximum absolute atomic E-state index is 13.5. The number of alkyl carbamates (subject to hydrolysis) is 1. The van der Waals surface area contributed by atoms with Gasteiger partial charge in [0.1, 0.15) is 12.1 Å². The number of hydrogen-bond donors (Lipinski definition) is 2. The number of nitrogens with one attached hydrogen (secondary N) is 2. The molecule has 3 unspecified atom stereocenters. The zero-order valence-corrected chi connectivity index (χ0v) is 23.5. The van der Waals surface area contributed by atoms with Gasteiger partial charge in [0.15, 0.2) is 20.3 Å². The Bertz CT molecular complexity index is 842. The molecule has 9 nitrogen and oxygen atoms in total. The van der Waals surface area contributed by atoms with Crippen LogP contribution in [-0.2, 0) is 34.8 Å². The third-order valence-electron chi connectivity index (χ3n) is 6.42. The zero-order chi connectivity index (χ0) is 26.4. The average Bonchev–Trinajstić information content (AvgIpc) is 3.13. The highest BCUT2D eigenvalue weighted by Crippen LogP contribution is 2.37. The number of methoxy groups -OCH3 is 1. The van der Waals surface area contributed by atoms with Crippen molar-refractivity contribution in [1.82, 2.24) is 10.6 Å². The maximum atomic E-state index is 13.5. The van der Waals surface area contributed by atoms with Crippen molar-refractivity contribution >= 4 is 20.3 Å². The molecule has 1 aliphatic rings. The van der Waals surface area contributed by atoms with Crippen LogP contribution in [-0.4, -0.2) is 64.3 Å². The van der Waals surface area contributed by atoms with Crippen LogP contribution in [0.5, 0.6) is 0 Å². The molecule has 2 N–H and O–H groups in total. The molecule has 0 radical (unpaired) electrons. The number of amides is 2. The van der Waals surface area contributed by atoms with Gasteiger partial charge >= 0.3 is 6.09 Å². The number of benzene rings is 1. The maximum Gasteiger partial charge on any atom is 0.407 e. The molecular weight excluding hydrogens is 468 g/mol. The summed E-state index contributed by atoms with van der Waals surface area (Å²) in [4.78, 5) is 25.6. The third-order valence-corrected chi connectivity index (χ3v) is 11.0. The number of rotatable bonds is 10. The molecule has 0 aromatic heterocycles. The van der Waals surface area contributed by atoms with Crippen molar-refractivity contribution < 1.29 is 33.0 Å². The fraction of sp³-hybridized carbons (Fsp3) is 0.680. The molecule has 198 valence electrons. The Labute approximate surface area is 210 Å². The normalized spacial score (nSPS) is 20.5. The first-order chi connectivity index (χ1) is 16.1. The summed E-state index contributed by atoms with van der Waals surface area (Å²) in [6.45, 7) is 16.4. The minimum Gasteiger partial charge on any atom is -0.453 e. The van der Waals surface area contributed by atoms with Crippen molar-refractivity contribution in [3.05, 3.63) is 35.9 Å². The molecule has 1 fully saturated rings. The third kappa shape index (κ3) is 8.57. The molecule has 2 rings (SSSR count). The van der Waals surface area contributed by atoms with E-state index in [4.69, 9.17) is 23.4 Å². The SMILES string of the molecule is COC(=O)N[C@H](C(=O)NC(OCc1ccccc1)C1COC(C)(C)O1)C(C)O[Si](C)(C)C(C)(C)C. The highest BCUT2D eigenvalue weighted by Gasteiger charge is 2.43. The molecule has 4 atom stereocenters. The minimum atomic E-state index is -2.23. The van der Waals surface area contributed by atoms with E-state index in [0.29, 0.717) is 0 Å². The van der Waals surface area contributed by atoms with Crippen molar-refractivity contribution in [1.29, 1.82) is 0 Å². The van der Waals surface area contributed by atoms with Crippen LogP contribution in [0.1, 0.15) is 47.1 Å². The van der Waals surface area contributed by atoms with Gasteiger partial charge in [-0.2, -0.15) is 0 Å². The Kier molecular flexibility index (Phi) is 9.89. The highest BCUT2D eigenvalue weighted by atomic mass is 28.4. The average molecular weight is 511 g/mol. The van der Waals surface area contributed by atoms with Gasteiger partial charge in [-0.1, -0.05) is 51.1 Å². The second kappa shape index (κ2) is 11.8. The first-order valence-electron chi connectivity index (χ1n) is 11.9. The van der Waals surface area contributed by atoms with Gasteiger partial charge in [-0.25, -0.2) is 4.79 Å². The van der Waals surface area contributed by atoms with Crippen LogP contribution in [0.2, 0.25) is 18.1 Å². The molecule has 0 bridgehead atoms. The Morgan fingerprint density at radius 1 is 1.17 bits per heavy atom. The number of hydrogen-bond acceptors (Lipinski definition) is 7. The van der Waals surface area contributed by atoms with E-state index in [0.717, 1.165) is 5.56 Å². The first-order valence-corrected chi connectivity index (χ1v) is 14.9. The van der Waals surface area contributed by atoms with Crippen LogP contribution in [0.4, 0.5) is 4.79 Å². The van der Waals surface area contributed by atoms with E-state index in [2.05, 4.69) is 44.5 Å². The summed E-state index contributed by atoms with van der Waals surface area (Å²) in [6, 6.07) is 8.62. The molecule has 1 aromatic rings. The zero-order valence-electron chi connectivity index (χ0n) is 22.5. The summed E-state index contributed by atoms with van der Waals surface area (Å²) in [5.41, 5.74) is 0.948. The summed E-state index contributed by atoms with van der Waals surface area (Å²) in [5, 5.41) is 5.45. The van der Waals surface area contributed by atoms with Gasteiger partial charge in [0, 0.05) is 0 Å². The van der Waals surface area contributed by atoms with Gasteiger partial charge < -0.3 is 34.0 Å². The van der Waals surface area contributed by atoms with Crippen LogP contribution in [0.25, 0.3) is 0 Å². The molecule has 1 heterocycles. The number of ether oxygens (including phenoxy) is 4. The highest BCUT2D eigenvalue weighted by molar-refractivity contribution is 6.74. The monoisotopic (exact) mass is 510 g/mol. The Morgan fingerprint density at radius 3 is 2.31 bits per heavy atom. The van der Waals surface area contributed by atoms with Crippen molar-refractivity contribution in [3.63, 3.8) is 0 Å². The molecule has 35 heavy (non-hydrogen) atoms. The van der Waals surface area contributed by atoms with Gasteiger partial charge in [-0.3, -0.25) is 4.79 Å². The van der Waals surface area contributed by atoms with Crippen molar-refractivity contribution in [2.75, 3.05) is 13.7 Å². The molecule has 2 amide bonds. The van der Waals surface area contributed by atoms with E-state index in [1.165, 1.54) is 7.11 Å². The van der Waals surface area contributed by atoms with Crippen LogP contribution < -0.4 is 10.6 Å². The van der Waals surface area contributed by atoms with Crippen molar-refractivity contribution in [2.24, 2.45) is 0 Å². The smallest absolute Gasteiger partial charge is 0.407 e. The van der Waals surface area contributed by atoms with Crippen LogP contribution in [0.3, 0.4) is 0 Å². The topological polar surface area (TPSA) is 104 Å². The van der Waals surface area contributed by atoms with Crippen LogP contribution in [0, 0.1) is 0 Å². The summed E-state index contributed by atoms with van der Waals surface area (Å²) in [5.74, 6) is -1.26. The Hall–Kier alpha value is -1.98. The van der Waals surface area contributed by atoms with Crippen LogP contribution >= 0.6 is 0 Å². The Balaban J connectivity index is 2.22. The van der Waals surface area contributed by atoms with E-state index in [-0.39, 0.29) is 18.3 Å². The predicted octanol–water partition coefficient (Wildman–Crippen LogP) is 3.93. The van der Waals surface area contributed by atoms with E-state index in [1.54, 1.807) is 20.8 Å². The second-order valence-corrected chi connectivity index (χ2v) is 15.5. The quantitative estimate of drug-likeness (QED) is 0.363. The molecule has 0 spiro atoms. The minimum absolute atomic E-state index is 0.0739. The lowest BCUT2D eigenvalue weighted by Gasteiger charge is -2.40. The second-order valence-electron chi connectivity index (χ2n) is 10.8. The first kappa shape index (κ1) is 29.2.